The second kappa shape index (κ2) is 7.52. The third-order valence-electron chi connectivity index (χ3n) is 4.76. The lowest BCUT2D eigenvalue weighted by Gasteiger charge is -2.14. The summed E-state index contributed by atoms with van der Waals surface area (Å²) in [6, 6.07) is 15.3. The lowest BCUT2D eigenvalue weighted by Crippen LogP contribution is -2.16. The van der Waals surface area contributed by atoms with Crippen LogP contribution in [0.4, 0.5) is 5.69 Å². The largest absolute Gasteiger partial charge is 0.334 e. The minimum Gasteiger partial charge on any atom is -0.334 e. The SMILES string of the molecule is Cc1nccn1Cc1ccccc1NC(=O)c1ccccc1-c1nccn1C. The second-order valence-electron chi connectivity index (χ2n) is 6.62. The van der Waals surface area contributed by atoms with Gasteiger partial charge in [0.05, 0.1) is 12.1 Å². The monoisotopic (exact) mass is 371 g/mol. The van der Waals surface area contributed by atoms with Crippen LogP contribution in [0.3, 0.4) is 0 Å². The van der Waals surface area contributed by atoms with Crippen molar-refractivity contribution in [1.29, 1.82) is 0 Å². The number of anilines is 1. The summed E-state index contributed by atoms with van der Waals surface area (Å²) in [5.74, 6) is 1.53. The zero-order chi connectivity index (χ0) is 19.5. The van der Waals surface area contributed by atoms with Crippen molar-refractivity contribution in [3.63, 3.8) is 0 Å². The molecule has 0 aliphatic carbocycles. The Labute approximate surface area is 163 Å². The first kappa shape index (κ1) is 17.7. The van der Waals surface area contributed by atoms with Crippen LogP contribution in [0.2, 0.25) is 0 Å². The molecule has 0 spiro atoms. The molecule has 0 saturated carbocycles. The lowest BCUT2D eigenvalue weighted by molar-refractivity contribution is 0.102. The fraction of sp³-hybridized carbons (Fsp3) is 0.136. The van der Waals surface area contributed by atoms with Crippen LogP contribution < -0.4 is 5.32 Å². The fourth-order valence-electron chi connectivity index (χ4n) is 3.23. The molecule has 2 aromatic carbocycles. The Bertz CT molecular complexity index is 1130. The van der Waals surface area contributed by atoms with Gasteiger partial charge in [-0.25, -0.2) is 9.97 Å². The second-order valence-corrected chi connectivity index (χ2v) is 6.62. The van der Waals surface area contributed by atoms with E-state index in [0.29, 0.717) is 12.1 Å². The molecule has 4 rings (SSSR count). The third kappa shape index (κ3) is 3.44. The van der Waals surface area contributed by atoms with Crippen molar-refractivity contribution in [3.8, 4) is 11.4 Å². The first-order valence-electron chi connectivity index (χ1n) is 9.07. The number of amides is 1. The van der Waals surface area contributed by atoms with Gasteiger partial charge in [0.25, 0.3) is 5.91 Å². The summed E-state index contributed by atoms with van der Waals surface area (Å²) < 4.78 is 3.95. The molecule has 140 valence electrons. The molecule has 0 saturated heterocycles. The summed E-state index contributed by atoms with van der Waals surface area (Å²) in [5.41, 5.74) is 3.20. The van der Waals surface area contributed by atoms with Gasteiger partial charge in [0, 0.05) is 43.1 Å². The molecule has 2 aromatic heterocycles. The summed E-state index contributed by atoms with van der Waals surface area (Å²) in [4.78, 5) is 21.7. The van der Waals surface area contributed by atoms with Gasteiger partial charge in [0.1, 0.15) is 11.6 Å². The molecule has 0 radical (unpaired) electrons. The van der Waals surface area contributed by atoms with Gasteiger partial charge in [-0.05, 0) is 24.6 Å². The lowest BCUT2D eigenvalue weighted by atomic mass is 10.1. The third-order valence-corrected chi connectivity index (χ3v) is 4.76. The van der Waals surface area contributed by atoms with E-state index in [1.807, 2.05) is 84.0 Å². The number of rotatable bonds is 5. The highest BCUT2D eigenvalue weighted by molar-refractivity contribution is 6.08. The molecular weight excluding hydrogens is 350 g/mol. The Hall–Kier alpha value is -3.67. The number of hydrogen-bond donors (Lipinski definition) is 1. The molecule has 0 bridgehead atoms. The van der Waals surface area contributed by atoms with Crippen LogP contribution >= 0.6 is 0 Å². The zero-order valence-electron chi connectivity index (χ0n) is 15.8. The molecule has 2 heterocycles. The van der Waals surface area contributed by atoms with E-state index in [9.17, 15) is 4.79 Å². The number of imidazole rings is 2. The molecule has 0 fully saturated rings. The van der Waals surface area contributed by atoms with Crippen LogP contribution in [-0.2, 0) is 13.6 Å². The number of nitrogens with zero attached hydrogens (tertiary/aromatic N) is 4. The van der Waals surface area contributed by atoms with Gasteiger partial charge in [-0.3, -0.25) is 4.79 Å². The molecule has 0 unspecified atom stereocenters. The Morgan fingerprint density at radius 2 is 1.75 bits per heavy atom. The van der Waals surface area contributed by atoms with Crippen molar-refractivity contribution in [2.75, 3.05) is 5.32 Å². The highest BCUT2D eigenvalue weighted by Gasteiger charge is 2.16. The van der Waals surface area contributed by atoms with Crippen molar-refractivity contribution < 1.29 is 4.79 Å². The maximum atomic E-state index is 13.1. The first-order chi connectivity index (χ1) is 13.6. The van der Waals surface area contributed by atoms with E-state index in [2.05, 4.69) is 15.3 Å². The van der Waals surface area contributed by atoms with E-state index in [0.717, 1.165) is 28.5 Å². The molecule has 0 aliphatic heterocycles. The van der Waals surface area contributed by atoms with Crippen molar-refractivity contribution in [2.24, 2.45) is 7.05 Å². The van der Waals surface area contributed by atoms with Gasteiger partial charge in [-0.2, -0.15) is 0 Å². The molecule has 4 aromatic rings. The number of hydrogen-bond acceptors (Lipinski definition) is 3. The van der Waals surface area contributed by atoms with Gasteiger partial charge < -0.3 is 14.5 Å². The van der Waals surface area contributed by atoms with Crippen molar-refractivity contribution in [3.05, 3.63) is 90.3 Å². The number of nitrogens with one attached hydrogen (secondary N) is 1. The maximum absolute atomic E-state index is 13.1. The Morgan fingerprint density at radius 1 is 1.00 bits per heavy atom. The average Bonchev–Trinajstić information content (AvgIpc) is 3.31. The van der Waals surface area contributed by atoms with Gasteiger partial charge in [-0.15, -0.1) is 0 Å². The molecular formula is C22H21N5O. The van der Waals surface area contributed by atoms with E-state index >= 15 is 0 Å². The summed E-state index contributed by atoms with van der Waals surface area (Å²) in [6.07, 6.45) is 7.31. The number of carbonyl (C=O) groups excluding carboxylic acids is 1. The van der Waals surface area contributed by atoms with E-state index in [1.165, 1.54) is 0 Å². The quantitative estimate of drug-likeness (QED) is 0.579. The van der Waals surface area contributed by atoms with Gasteiger partial charge >= 0.3 is 0 Å². The summed E-state index contributed by atoms with van der Waals surface area (Å²) in [7, 11) is 1.92. The standard InChI is InChI=1S/C22H21N5O/c1-16-23-12-14-27(16)15-17-7-3-6-10-20(17)25-22(28)19-9-5-4-8-18(19)21-24-11-13-26(21)2/h3-14H,15H2,1-2H3,(H,25,28). The van der Waals surface area contributed by atoms with Crippen molar-refractivity contribution in [2.45, 2.75) is 13.5 Å². The van der Waals surface area contributed by atoms with Crippen molar-refractivity contribution in [1.82, 2.24) is 19.1 Å². The number of aromatic nitrogens is 4. The number of para-hydroxylation sites is 1. The van der Waals surface area contributed by atoms with Crippen LogP contribution in [0.15, 0.2) is 73.3 Å². The number of benzene rings is 2. The van der Waals surface area contributed by atoms with Crippen LogP contribution in [0, 0.1) is 6.92 Å². The highest BCUT2D eigenvalue weighted by atomic mass is 16.1. The molecule has 6 nitrogen and oxygen atoms in total. The number of aryl methyl sites for hydroxylation is 2. The maximum Gasteiger partial charge on any atom is 0.256 e. The molecule has 0 atom stereocenters. The van der Waals surface area contributed by atoms with Gasteiger partial charge in [0.2, 0.25) is 0 Å². The first-order valence-corrected chi connectivity index (χ1v) is 9.07. The van der Waals surface area contributed by atoms with Crippen LogP contribution in [0.1, 0.15) is 21.7 Å². The Morgan fingerprint density at radius 3 is 2.50 bits per heavy atom. The van der Waals surface area contributed by atoms with Gasteiger partial charge in [0.15, 0.2) is 0 Å². The predicted octanol–water partition coefficient (Wildman–Crippen LogP) is 3.89. The van der Waals surface area contributed by atoms with Gasteiger partial charge in [-0.1, -0.05) is 36.4 Å². The molecule has 6 heteroatoms. The van der Waals surface area contributed by atoms with Crippen molar-refractivity contribution >= 4 is 11.6 Å². The topological polar surface area (TPSA) is 64.7 Å². The molecule has 1 amide bonds. The smallest absolute Gasteiger partial charge is 0.256 e. The van der Waals surface area contributed by atoms with Crippen LogP contribution in [0.25, 0.3) is 11.4 Å². The molecule has 28 heavy (non-hydrogen) atoms. The zero-order valence-corrected chi connectivity index (χ0v) is 15.8. The minimum atomic E-state index is -0.159. The van der Waals surface area contributed by atoms with Crippen LogP contribution in [-0.4, -0.2) is 25.0 Å². The summed E-state index contributed by atoms with van der Waals surface area (Å²) in [5, 5.41) is 3.07. The molecule has 1 N–H and O–H groups in total. The normalized spacial score (nSPS) is 10.8. The summed E-state index contributed by atoms with van der Waals surface area (Å²) >= 11 is 0. The summed E-state index contributed by atoms with van der Waals surface area (Å²) in [6.45, 7) is 2.60. The van der Waals surface area contributed by atoms with E-state index in [-0.39, 0.29) is 5.91 Å². The van der Waals surface area contributed by atoms with E-state index in [4.69, 9.17) is 0 Å². The van der Waals surface area contributed by atoms with Crippen LogP contribution in [0.5, 0.6) is 0 Å². The Balaban J connectivity index is 1.64. The van der Waals surface area contributed by atoms with E-state index in [1.54, 1.807) is 12.4 Å². The average molecular weight is 371 g/mol. The minimum absolute atomic E-state index is 0.159. The molecule has 0 aliphatic rings. The predicted molar refractivity (Wildman–Crippen MR) is 109 cm³/mol. The number of carbonyl (C=O) groups is 1. The fourth-order valence-corrected chi connectivity index (χ4v) is 3.23. The van der Waals surface area contributed by atoms with E-state index < -0.39 is 0 Å². The Kier molecular flexibility index (Phi) is 4.76. The highest BCUT2D eigenvalue weighted by Crippen LogP contribution is 2.24.